The molecule has 0 saturated carbocycles. The molecule has 3 rings (SSSR count). The smallest absolute Gasteiger partial charge is 0.140 e. The van der Waals surface area contributed by atoms with E-state index >= 15 is 0 Å². The number of ether oxygens (including phenoxy) is 1. The van der Waals surface area contributed by atoms with Gasteiger partial charge in [-0.15, -0.1) is 0 Å². The van der Waals surface area contributed by atoms with E-state index in [0.29, 0.717) is 6.54 Å². The molecule has 22 heavy (non-hydrogen) atoms. The summed E-state index contributed by atoms with van der Waals surface area (Å²) in [5, 5.41) is 0. The van der Waals surface area contributed by atoms with Crippen LogP contribution in [0.4, 0.5) is 0 Å². The average Bonchev–Trinajstić information content (AvgIpc) is 3.04. The molecule has 0 unspecified atom stereocenters. The minimum atomic E-state index is 0.570. The molecule has 0 aliphatic carbocycles. The highest BCUT2D eigenvalue weighted by atomic mass is 16.5. The van der Waals surface area contributed by atoms with Gasteiger partial charge in [0.25, 0.3) is 0 Å². The van der Waals surface area contributed by atoms with Crippen LogP contribution in [0.25, 0.3) is 11.4 Å². The first-order valence-corrected chi connectivity index (χ1v) is 7.23. The molecule has 0 aliphatic rings. The Kier molecular flexibility index (Phi) is 4.21. The van der Waals surface area contributed by atoms with E-state index < -0.39 is 0 Å². The maximum Gasteiger partial charge on any atom is 0.140 e. The molecular formula is C18H19N3O. The molecule has 0 fully saturated rings. The summed E-state index contributed by atoms with van der Waals surface area (Å²) in [4.78, 5) is 4.48. The fourth-order valence-corrected chi connectivity index (χ4v) is 2.44. The second-order valence-electron chi connectivity index (χ2n) is 5.13. The number of methoxy groups -OCH3 is 1. The molecule has 1 heterocycles. The first-order chi connectivity index (χ1) is 10.8. The van der Waals surface area contributed by atoms with Gasteiger partial charge in [0.15, 0.2) is 0 Å². The summed E-state index contributed by atoms with van der Waals surface area (Å²) >= 11 is 0. The second kappa shape index (κ2) is 6.45. The third-order valence-corrected chi connectivity index (χ3v) is 3.66. The molecule has 1 aromatic heterocycles. The summed E-state index contributed by atoms with van der Waals surface area (Å²) in [7, 11) is 1.67. The molecule has 112 valence electrons. The summed E-state index contributed by atoms with van der Waals surface area (Å²) in [6, 6.07) is 16.3. The Morgan fingerprint density at radius 3 is 2.59 bits per heavy atom. The molecule has 4 nitrogen and oxygen atoms in total. The lowest BCUT2D eigenvalue weighted by atomic mass is 10.1. The van der Waals surface area contributed by atoms with Crippen LogP contribution in [-0.4, -0.2) is 16.7 Å². The highest BCUT2D eigenvalue weighted by Gasteiger charge is 2.07. The lowest BCUT2D eigenvalue weighted by Crippen LogP contribution is -2.02. The molecule has 0 saturated heterocycles. The van der Waals surface area contributed by atoms with Gasteiger partial charge in [-0.25, -0.2) is 4.98 Å². The fraction of sp³-hybridized carbons (Fsp3) is 0.167. The van der Waals surface area contributed by atoms with Crippen molar-refractivity contribution in [2.24, 2.45) is 5.73 Å². The van der Waals surface area contributed by atoms with E-state index in [4.69, 9.17) is 10.5 Å². The van der Waals surface area contributed by atoms with E-state index in [2.05, 4.69) is 33.8 Å². The maximum absolute atomic E-state index is 5.64. The fourth-order valence-electron chi connectivity index (χ4n) is 2.44. The van der Waals surface area contributed by atoms with Crippen molar-refractivity contribution < 1.29 is 4.74 Å². The van der Waals surface area contributed by atoms with Gasteiger partial charge >= 0.3 is 0 Å². The van der Waals surface area contributed by atoms with Crippen LogP contribution < -0.4 is 10.5 Å². The number of aromatic nitrogens is 2. The van der Waals surface area contributed by atoms with Crippen molar-refractivity contribution >= 4 is 0 Å². The maximum atomic E-state index is 5.64. The summed E-state index contributed by atoms with van der Waals surface area (Å²) in [6.45, 7) is 1.35. The van der Waals surface area contributed by atoms with E-state index in [9.17, 15) is 0 Å². The molecule has 0 bridgehead atoms. The van der Waals surface area contributed by atoms with Gasteiger partial charge in [0, 0.05) is 31.0 Å². The van der Waals surface area contributed by atoms with Crippen LogP contribution in [0.1, 0.15) is 11.1 Å². The van der Waals surface area contributed by atoms with Gasteiger partial charge in [-0.1, -0.05) is 36.4 Å². The van der Waals surface area contributed by atoms with Crippen LogP contribution in [0.15, 0.2) is 60.9 Å². The summed E-state index contributed by atoms with van der Waals surface area (Å²) in [6.07, 6.45) is 3.81. The molecule has 4 heteroatoms. The summed E-state index contributed by atoms with van der Waals surface area (Å²) < 4.78 is 7.42. The van der Waals surface area contributed by atoms with Crippen molar-refractivity contribution in [2.75, 3.05) is 7.11 Å². The van der Waals surface area contributed by atoms with Crippen LogP contribution >= 0.6 is 0 Å². The first kappa shape index (κ1) is 14.4. The Hall–Kier alpha value is -2.59. The molecule has 2 N–H and O–H groups in total. The molecule has 0 aliphatic heterocycles. The van der Waals surface area contributed by atoms with Gasteiger partial charge < -0.3 is 15.0 Å². The van der Waals surface area contributed by atoms with Gasteiger partial charge in [0.05, 0.1) is 7.11 Å². The first-order valence-electron chi connectivity index (χ1n) is 7.23. The zero-order valence-electron chi connectivity index (χ0n) is 12.6. The Morgan fingerprint density at radius 2 is 1.86 bits per heavy atom. The topological polar surface area (TPSA) is 53.1 Å². The largest absolute Gasteiger partial charge is 0.497 e. The van der Waals surface area contributed by atoms with Crippen molar-refractivity contribution in [3.05, 3.63) is 72.1 Å². The third kappa shape index (κ3) is 3.02. The van der Waals surface area contributed by atoms with Gasteiger partial charge in [-0.05, 0) is 23.3 Å². The van der Waals surface area contributed by atoms with Gasteiger partial charge in [0.1, 0.15) is 11.6 Å². The molecular weight excluding hydrogens is 274 g/mol. The van der Waals surface area contributed by atoms with Gasteiger partial charge in [-0.2, -0.15) is 0 Å². The number of nitrogens with zero attached hydrogens (tertiary/aromatic N) is 2. The molecule has 2 aromatic carbocycles. The van der Waals surface area contributed by atoms with Crippen molar-refractivity contribution in [3.8, 4) is 17.1 Å². The van der Waals surface area contributed by atoms with E-state index in [1.807, 2.05) is 36.7 Å². The van der Waals surface area contributed by atoms with Crippen molar-refractivity contribution in [1.82, 2.24) is 9.55 Å². The van der Waals surface area contributed by atoms with Crippen LogP contribution in [0.3, 0.4) is 0 Å². The zero-order chi connectivity index (χ0) is 15.4. The Bertz CT molecular complexity index is 747. The predicted octanol–water partition coefficient (Wildman–Crippen LogP) is 3.07. The van der Waals surface area contributed by atoms with Crippen LogP contribution in [0, 0.1) is 0 Å². The van der Waals surface area contributed by atoms with E-state index in [1.165, 1.54) is 5.56 Å². The molecule has 0 spiro atoms. The standard InChI is InChI=1S/C18H19N3O/c1-22-17-4-2-3-16(11-17)18-20-9-10-21(18)13-15-7-5-14(12-19)6-8-15/h2-11H,12-13,19H2,1H3. The predicted molar refractivity (Wildman–Crippen MR) is 87.7 cm³/mol. The van der Waals surface area contributed by atoms with Crippen molar-refractivity contribution in [3.63, 3.8) is 0 Å². The molecule has 3 aromatic rings. The Balaban J connectivity index is 1.87. The van der Waals surface area contributed by atoms with E-state index in [1.54, 1.807) is 7.11 Å². The molecule has 0 amide bonds. The molecule has 0 atom stereocenters. The Morgan fingerprint density at radius 1 is 1.09 bits per heavy atom. The highest BCUT2D eigenvalue weighted by molar-refractivity contribution is 5.58. The lowest BCUT2D eigenvalue weighted by Gasteiger charge is -2.09. The number of benzene rings is 2. The minimum Gasteiger partial charge on any atom is -0.497 e. The minimum absolute atomic E-state index is 0.570. The summed E-state index contributed by atoms with van der Waals surface area (Å²) in [5.74, 6) is 1.76. The van der Waals surface area contributed by atoms with E-state index in [-0.39, 0.29) is 0 Å². The number of hydrogen-bond donors (Lipinski definition) is 1. The quantitative estimate of drug-likeness (QED) is 0.786. The SMILES string of the molecule is COc1cccc(-c2nccn2Cc2ccc(CN)cc2)c1. The number of rotatable bonds is 5. The number of hydrogen-bond acceptors (Lipinski definition) is 3. The monoisotopic (exact) mass is 293 g/mol. The van der Waals surface area contributed by atoms with E-state index in [0.717, 1.165) is 29.2 Å². The molecule has 0 radical (unpaired) electrons. The second-order valence-corrected chi connectivity index (χ2v) is 5.13. The van der Waals surface area contributed by atoms with Gasteiger partial charge in [0.2, 0.25) is 0 Å². The van der Waals surface area contributed by atoms with Crippen molar-refractivity contribution in [1.29, 1.82) is 0 Å². The number of nitrogens with two attached hydrogens (primary N) is 1. The average molecular weight is 293 g/mol. The van der Waals surface area contributed by atoms with Gasteiger partial charge in [-0.3, -0.25) is 0 Å². The van der Waals surface area contributed by atoms with Crippen LogP contribution in [-0.2, 0) is 13.1 Å². The Labute approximate surface area is 130 Å². The van der Waals surface area contributed by atoms with Crippen molar-refractivity contribution in [2.45, 2.75) is 13.1 Å². The lowest BCUT2D eigenvalue weighted by molar-refractivity contribution is 0.415. The third-order valence-electron chi connectivity index (χ3n) is 3.66. The normalized spacial score (nSPS) is 10.6. The zero-order valence-corrected chi connectivity index (χ0v) is 12.6. The summed E-state index contributed by atoms with van der Waals surface area (Å²) in [5.41, 5.74) is 9.04. The highest BCUT2D eigenvalue weighted by Crippen LogP contribution is 2.23. The number of imidazole rings is 1. The van der Waals surface area contributed by atoms with Crippen LogP contribution in [0.2, 0.25) is 0 Å². The van der Waals surface area contributed by atoms with Crippen LogP contribution in [0.5, 0.6) is 5.75 Å².